The molecule has 8 aromatic carbocycles. The van der Waals surface area contributed by atoms with Crippen LogP contribution >= 0.6 is 15.8 Å². The summed E-state index contributed by atoms with van der Waals surface area (Å²) in [6.45, 7) is 40.6. The van der Waals surface area contributed by atoms with Crippen molar-refractivity contribution in [2.45, 2.75) is 223 Å². The summed E-state index contributed by atoms with van der Waals surface area (Å²) in [5.74, 6) is 4.41. The summed E-state index contributed by atoms with van der Waals surface area (Å²) in [6.07, 6.45) is 8.05. The Bertz CT molecular complexity index is 3760. The van der Waals surface area contributed by atoms with E-state index < -0.39 is 15.8 Å². The zero-order chi connectivity index (χ0) is 74.4. The first kappa shape index (κ1) is 77.8. The lowest BCUT2D eigenvalue weighted by Crippen LogP contribution is -2.37. The monoisotopic (exact) mass is 1440 g/mol. The topological polar surface area (TPSA) is 89.5 Å². The molecule has 8 aromatic rings. The van der Waals surface area contributed by atoms with Crippen LogP contribution in [0.5, 0.6) is 23.0 Å². The Morgan fingerprint density at radius 1 is 0.356 bits per heavy atom. The number of carbonyl (C=O) groups is 2. The highest BCUT2D eigenvalue weighted by Gasteiger charge is 2.37. The van der Waals surface area contributed by atoms with Crippen LogP contribution in [0.1, 0.15) is 230 Å². The molecule has 0 spiro atoms. The first-order valence-corrected chi connectivity index (χ1v) is 41.7. The molecule has 2 fully saturated rings. The highest BCUT2D eigenvalue weighted by Crippen LogP contribution is 2.48. The Hall–Kier alpha value is -7.24. The first-order chi connectivity index (χ1) is 49.3. The number of benzene rings is 8. The van der Waals surface area contributed by atoms with Crippen LogP contribution in [0.3, 0.4) is 0 Å². The molecule has 0 radical (unpaired) electrons. The second-order valence-electron chi connectivity index (χ2n) is 35.2. The van der Waals surface area contributed by atoms with Crippen molar-refractivity contribution in [3.8, 4) is 23.0 Å². The normalized spacial score (nSPS) is 18.9. The van der Waals surface area contributed by atoms with Gasteiger partial charge in [-0.15, -0.1) is 0 Å². The van der Waals surface area contributed by atoms with Crippen LogP contribution in [0.25, 0.3) is 0 Å². The number of carbonyl (C=O) groups excluding carboxylic acids is 2. The third-order valence-electron chi connectivity index (χ3n) is 22.1. The molecule has 0 saturated heterocycles. The fourth-order valence-corrected chi connectivity index (χ4v) is 19.7. The summed E-state index contributed by atoms with van der Waals surface area (Å²) in [6, 6.07) is 62.1. The van der Waals surface area contributed by atoms with E-state index in [1.807, 2.05) is 0 Å². The molecular weight excluding hydrogens is 1320 g/mol. The van der Waals surface area contributed by atoms with Gasteiger partial charge in [-0.05, 0) is 187 Å². The Morgan fingerprint density at radius 3 is 0.808 bits per heavy atom. The van der Waals surface area contributed by atoms with Gasteiger partial charge < -0.3 is 28.4 Å². The summed E-state index contributed by atoms with van der Waals surface area (Å²) in [5, 5.41) is 4.87. The van der Waals surface area contributed by atoms with Crippen LogP contribution in [0, 0.1) is 35.5 Å². The van der Waals surface area contributed by atoms with Crippen LogP contribution < -0.4 is 40.2 Å². The van der Waals surface area contributed by atoms with Gasteiger partial charge in [-0.3, -0.25) is 0 Å². The van der Waals surface area contributed by atoms with Crippen molar-refractivity contribution >= 4 is 49.0 Å². The minimum atomic E-state index is -1.03. The zero-order valence-corrected chi connectivity index (χ0v) is 67.6. The molecule has 3 aliphatic rings. The number of hydrogen-bond acceptors (Lipinski definition) is 8. The van der Waals surface area contributed by atoms with Crippen molar-refractivity contribution in [3.63, 3.8) is 0 Å². The van der Waals surface area contributed by atoms with Crippen LogP contribution in [0.4, 0.5) is 0 Å². The smallest absolute Gasteiger partial charge is 0.344 e. The third kappa shape index (κ3) is 19.5. The fraction of sp³-hybridized carbons (Fsp3) is 0.468. The zero-order valence-electron chi connectivity index (χ0n) is 65.8. The molecule has 10 heteroatoms. The molecule has 104 heavy (non-hydrogen) atoms. The van der Waals surface area contributed by atoms with Crippen molar-refractivity contribution in [2.24, 2.45) is 35.5 Å². The van der Waals surface area contributed by atoms with Gasteiger partial charge in [0.1, 0.15) is 47.9 Å². The average Bonchev–Trinajstić information content (AvgIpc) is 0.760. The maximum Gasteiger partial charge on any atom is 0.344 e. The molecule has 0 N–H and O–H groups in total. The Labute approximate surface area is 627 Å². The molecule has 0 aliphatic heterocycles. The lowest BCUT2D eigenvalue weighted by molar-refractivity contribution is -0.159. The molecule has 11 rings (SSSR count). The molecule has 0 aromatic heterocycles. The van der Waals surface area contributed by atoms with Gasteiger partial charge in [0.05, 0.1) is 0 Å². The first-order valence-electron chi connectivity index (χ1n) is 38.6. The maximum absolute atomic E-state index is 14.9. The van der Waals surface area contributed by atoms with Gasteiger partial charge in [0, 0.05) is 25.7 Å². The van der Waals surface area contributed by atoms with Gasteiger partial charge >= 0.3 is 11.9 Å². The summed E-state index contributed by atoms with van der Waals surface area (Å²) in [7, 11) is -2.07. The molecule has 8 bridgehead atoms. The minimum Gasteiger partial charge on any atom is -0.488 e. The molecule has 552 valence electrons. The van der Waals surface area contributed by atoms with E-state index in [0.717, 1.165) is 117 Å². The van der Waals surface area contributed by atoms with Gasteiger partial charge in [-0.25, -0.2) is 9.59 Å². The second-order valence-corrected chi connectivity index (χ2v) is 39.5. The number of fused-ring (bicyclic) bond motifs is 8. The highest BCUT2D eigenvalue weighted by molar-refractivity contribution is 7.73. The van der Waals surface area contributed by atoms with Crippen LogP contribution in [-0.4, -0.2) is 50.1 Å². The maximum atomic E-state index is 14.9. The van der Waals surface area contributed by atoms with Gasteiger partial charge in [-0.2, -0.15) is 0 Å². The Kier molecular flexibility index (Phi) is 24.9. The molecule has 0 unspecified atom stereocenters. The van der Waals surface area contributed by atoms with Crippen LogP contribution in [0.15, 0.2) is 170 Å². The Balaban J connectivity index is 1.19. The molecule has 6 atom stereocenters. The van der Waals surface area contributed by atoms with Gasteiger partial charge in [0.25, 0.3) is 0 Å². The van der Waals surface area contributed by atoms with Crippen molar-refractivity contribution in [1.82, 2.24) is 0 Å². The standard InChI is InChI=1S/C94H118O8P2/c1-61(2)81-41-39-63(5)43-83(81)101-85(95)57-97-87-65-45-69-53-75(93(13,14)15)55-71(89(69)99-59-103(77-31-23-19-24-32-77)78-33-25-20-26-34-78)47-67-51-74(92(10,11)12)52-68(88(67)98-58-86(96)102-84-44-64(6)40-42-82(84)62(3)4)48-72-56-76(94(16,17)18)54-70(46-66(87)50-73(49-65)91(7,8)9)90(72)100-60-104(79-35-27-21-28-36-79)80-37-29-22-30-38-80/h19-38,49-56,61-64,81-84H,39-48,57-60H2,1-18H3/t63-,64-,81+,82+,83-,84-/m1/s1. The molecule has 3 aliphatic carbocycles. The van der Waals surface area contributed by atoms with Crippen molar-refractivity contribution in [1.29, 1.82) is 0 Å². The van der Waals surface area contributed by atoms with Gasteiger partial charge in [0.2, 0.25) is 0 Å². The van der Waals surface area contributed by atoms with E-state index in [1.165, 1.54) is 21.2 Å². The van der Waals surface area contributed by atoms with E-state index in [9.17, 15) is 9.59 Å². The third-order valence-corrected chi connectivity index (χ3v) is 26.5. The molecule has 0 heterocycles. The van der Waals surface area contributed by atoms with Gasteiger partial charge in [0.15, 0.2) is 13.2 Å². The number of esters is 2. The predicted molar refractivity (Wildman–Crippen MR) is 434 cm³/mol. The lowest BCUT2D eigenvalue weighted by Gasteiger charge is -2.36. The quantitative estimate of drug-likeness (QED) is 0.0551. The molecule has 2 saturated carbocycles. The molecular formula is C94H118O8P2. The van der Waals surface area contributed by atoms with E-state index >= 15 is 0 Å². The van der Waals surface area contributed by atoms with E-state index in [2.05, 4.69) is 294 Å². The van der Waals surface area contributed by atoms with Crippen LogP contribution in [0.2, 0.25) is 0 Å². The van der Waals surface area contributed by atoms with Crippen molar-refractivity contribution in [3.05, 3.63) is 237 Å². The van der Waals surface area contributed by atoms with Crippen LogP contribution in [-0.2, 0) is 66.4 Å². The van der Waals surface area contributed by atoms with Crippen molar-refractivity contribution in [2.75, 3.05) is 25.9 Å². The number of hydrogen-bond donors (Lipinski definition) is 0. The molecule has 0 amide bonds. The summed E-state index contributed by atoms with van der Waals surface area (Å²) < 4.78 is 43.6. The van der Waals surface area contributed by atoms with Crippen molar-refractivity contribution < 1.29 is 38.0 Å². The Morgan fingerprint density at radius 2 is 0.587 bits per heavy atom. The average molecular weight is 1440 g/mol. The van der Waals surface area contributed by atoms with E-state index in [-0.39, 0.29) is 70.9 Å². The lowest BCUT2D eigenvalue weighted by atomic mass is 9.75. The fourth-order valence-electron chi connectivity index (χ4n) is 15.8. The highest BCUT2D eigenvalue weighted by atomic mass is 31.1. The van der Waals surface area contributed by atoms with E-state index in [1.54, 1.807) is 0 Å². The number of ether oxygens (including phenoxy) is 6. The summed E-state index contributed by atoms with van der Waals surface area (Å²) in [5.41, 5.74) is 11.2. The summed E-state index contributed by atoms with van der Waals surface area (Å²) in [4.78, 5) is 29.8. The largest absolute Gasteiger partial charge is 0.488 e. The van der Waals surface area contributed by atoms with E-state index in [0.29, 0.717) is 73.5 Å². The molecule has 8 nitrogen and oxygen atoms in total. The SMILES string of the molecule is CC(C)[C@@H]1CC[C@@H](C)C[C@H]1OC(=O)COc1c2cc(C(C)(C)C)cc1Cc1cc(C(C)(C)C)cc(c1OCP(c1ccccc1)c1ccccc1)Cc1cc(C(C)(C)C)cc(c1OCC(=O)O[C@@H]1C[C@H](C)CC[C@H]1C(C)C)Cc1cc(C(C)(C)C)cc(c1OCP(c1ccccc1)c1ccccc1)C2. The number of rotatable bonds is 20. The predicted octanol–water partition coefficient (Wildman–Crippen LogP) is 21.3. The van der Waals surface area contributed by atoms with E-state index in [4.69, 9.17) is 28.4 Å². The van der Waals surface area contributed by atoms with Gasteiger partial charge in [-0.1, -0.05) is 307 Å². The minimum absolute atomic E-state index is 0.191. The summed E-state index contributed by atoms with van der Waals surface area (Å²) >= 11 is 0. The second kappa shape index (κ2) is 33.3.